The average Bonchev–Trinajstić information content (AvgIpc) is 3.55. The van der Waals surface area contributed by atoms with Gasteiger partial charge in [0.15, 0.2) is 11.6 Å². The van der Waals surface area contributed by atoms with Crippen LogP contribution in [-0.4, -0.2) is 35.7 Å². The van der Waals surface area contributed by atoms with Gasteiger partial charge in [0.2, 0.25) is 5.90 Å². The van der Waals surface area contributed by atoms with Crippen molar-refractivity contribution in [2.45, 2.75) is 37.6 Å². The molecule has 1 aliphatic rings. The fourth-order valence-electron chi connectivity index (χ4n) is 6.03. The lowest BCUT2D eigenvalue weighted by molar-refractivity contribution is -0.130. The highest BCUT2D eigenvalue weighted by molar-refractivity contribution is 6.01. The van der Waals surface area contributed by atoms with Crippen LogP contribution in [0.3, 0.4) is 0 Å². The van der Waals surface area contributed by atoms with Crippen LogP contribution in [-0.2, 0) is 29.0 Å². The number of benzene rings is 5. The van der Waals surface area contributed by atoms with Gasteiger partial charge in [0.1, 0.15) is 11.6 Å². The molecular formula is C40H37FN6O4. The summed E-state index contributed by atoms with van der Waals surface area (Å²) in [6, 6.07) is 38.6. The number of amides is 1. The predicted octanol–water partition coefficient (Wildman–Crippen LogP) is 7.38. The number of aliphatic hydroxyl groups excluding tert-OH is 1. The summed E-state index contributed by atoms with van der Waals surface area (Å²) < 4.78 is 26.3. The molecule has 258 valence electrons. The van der Waals surface area contributed by atoms with E-state index in [1.807, 2.05) is 91.0 Å². The number of aliphatic imine (C=N–C) groups is 1. The number of nitrogens with one attached hydrogen (secondary N) is 2. The van der Waals surface area contributed by atoms with Crippen molar-refractivity contribution in [2.24, 2.45) is 10.1 Å². The van der Waals surface area contributed by atoms with Crippen LogP contribution in [0.25, 0.3) is 21.6 Å². The molecule has 5 aromatic carbocycles. The molecule has 0 saturated carbocycles. The SMILES string of the molecule is [N-]=[N+]=NCc1ccccc1C[C@]1(C(=O)NNCc2cccc(F)c2)N=C(c2ccc(OCCCO)cc2)O[C@H]1c1ccc(-c2ccccc2)cc1. The number of hydrazine groups is 1. The minimum atomic E-state index is -1.54. The minimum absolute atomic E-state index is 0.0314. The summed E-state index contributed by atoms with van der Waals surface area (Å²) in [4.78, 5) is 22.7. The van der Waals surface area contributed by atoms with Crippen LogP contribution in [0.2, 0.25) is 0 Å². The molecule has 0 radical (unpaired) electrons. The van der Waals surface area contributed by atoms with E-state index in [-0.39, 0.29) is 37.8 Å². The largest absolute Gasteiger partial charge is 0.494 e. The van der Waals surface area contributed by atoms with E-state index in [4.69, 9.17) is 25.1 Å². The van der Waals surface area contributed by atoms with E-state index in [0.29, 0.717) is 29.9 Å². The topological polar surface area (TPSA) is 141 Å². The number of rotatable bonds is 15. The van der Waals surface area contributed by atoms with Gasteiger partial charge in [-0.1, -0.05) is 96.1 Å². The fraction of sp³-hybridized carbons (Fsp3) is 0.200. The van der Waals surface area contributed by atoms with Crippen molar-refractivity contribution in [3.05, 3.63) is 171 Å². The van der Waals surface area contributed by atoms with Crippen LogP contribution >= 0.6 is 0 Å². The Kier molecular flexibility index (Phi) is 11.3. The van der Waals surface area contributed by atoms with Crippen LogP contribution < -0.4 is 15.6 Å². The molecule has 1 aliphatic heterocycles. The van der Waals surface area contributed by atoms with Gasteiger partial charge in [-0.15, -0.1) is 0 Å². The molecule has 0 aliphatic carbocycles. The number of aliphatic hydroxyl groups is 1. The Morgan fingerprint density at radius 1 is 0.902 bits per heavy atom. The molecule has 51 heavy (non-hydrogen) atoms. The Labute approximate surface area is 295 Å². The van der Waals surface area contributed by atoms with Crippen molar-refractivity contribution in [3.63, 3.8) is 0 Å². The summed E-state index contributed by atoms with van der Waals surface area (Å²) in [6.45, 7) is 0.658. The van der Waals surface area contributed by atoms with Crippen molar-refractivity contribution in [1.82, 2.24) is 10.9 Å². The summed E-state index contributed by atoms with van der Waals surface area (Å²) in [7, 11) is 0. The molecule has 0 spiro atoms. The summed E-state index contributed by atoms with van der Waals surface area (Å²) >= 11 is 0. The number of halogens is 1. The number of hydrogen-bond donors (Lipinski definition) is 3. The highest BCUT2D eigenvalue weighted by Gasteiger charge is 2.53. The Bertz CT molecular complexity index is 2020. The zero-order valence-corrected chi connectivity index (χ0v) is 27.8. The number of ether oxygens (including phenoxy) is 2. The third kappa shape index (κ3) is 8.42. The van der Waals surface area contributed by atoms with Crippen LogP contribution in [0.15, 0.2) is 138 Å². The van der Waals surface area contributed by atoms with Crippen molar-refractivity contribution in [2.75, 3.05) is 13.2 Å². The molecule has 2 atom stereocenters. The van der Waals surface area contributed by atoms with Gasteiger partial charge in [-0.2, -0.15) is 0 Å². The number of hydrogen-bond acceptors (Lipinski definition) is 7. The predicted molar refractivity (Wildman–Crippen MR) is 193 cm³/mol. The maximum Gasteiger partial charge on any atom is 0.266 e. The van der Waals surface area contributed by atoms with Crippen LogP contribution in [0, 0.1) is 5.82 Å². The molecular weight excluding hydrogens is 647 g/mol. The van der Waals surface area contributed by atoms with Gasteiger partial charge >= 0.3 is 0 Å². The first-order chi connectivity index (χ1) is 25.0. The lowest BCUT2D eigenvalue weighted by Crippen LogP contribution is -2.53. The molecule has 1 amide bonds. The molecule has 0 fully saturated rings. The number of azide groups is 1. The van der Waals surface area contributed by atoms with Crippen LogP contribution in [0.5, 0.6) is 5.75 Å². The maximum absolute atomic E-state index is 14.6. The highest BCUT2D eigenvalue weighted by Crippen LogP contribution is 2.43. The first-order valence-electron chi connectivity index (χ1n) is 16.6. The third-order valence-electron chi connectivity index (χ3n) is 8.62. The number of carbonyl (C=O) groups excluding carboxylic acids is 1. The molecule has 1 heterocycles. The average molecular weight is 685 g/mol. The monoisotopic (exact) mass is 684 g/mol. The van der Waals surface area contributed by atoms with Gasteiger partial charge in [0.25, 0.3) is 5.91 Å². The van der Waals surface area contributed by atoms with Gasteiger partial charge in [0, 0.05) is 36.5 Å². The highest BCUT2D eigenvalue weighted by atomic mass is 19.1. The zero-order valence-electron chi connectivity index (χ0n) is 27.8. The molecule has 3 N–H and O–H groups in total. The lowest BCUT2D eigenvalue weighted by Gasteiger charge is -2.31. The molecule has 0 saturated heterocycles. The summed E-state index contributed by atoms with van der Waals surface area (Å²) in [5.74, 6) is 0.0443. The lowest BCUT2D eigenvalue weighted by atomic mass is 9.80. The molecule has 10 nitrogen and oxygen atoms in total. The second-order valence-corrected chi connectivity index (χ2v) is 12.0. The summed E-state index contributed by atoms with van der Waals surface area (Å²) in [5.41, 5.74) is 18.9. The van der Waals surface area contributed by atoms with Gasteiger partial charge < -0.3 is 14.6 Å². The van der Waals surface area contributed by atoms with Gasteiger partial charge in [-0.05, 0) is 75.3 Å². The number of nitrogens with zero attached hydrogens (tertiary/aromatic N) is 4. The third-order valence-corrected chi connectivity index (χ3v) is 8.62. The smallest absolute Gasteiger partial charge is 0.266 e. The maximum atomic E-state index is 14.6. The van der Waals surface area contributed by atoms with E-state index >= 15 is 0 Å². The Morgan fingerprint density at radius 3 is 2.33 bits per heavy atom. The molecule has 0 bridgehead atoms. The summed E-state index contributed by atoms with van der Waals surface area (Å²) in [6.07, 6.45) is -0.260. The first-order valence-corrected chi connectivity index (χ1v) is 16.6. The molecule has 0 unspecified atom stereocenters. The standard InChI is InChI=1S/C40H37FN6O4/c41-35-13-6-8-28(24-35)26-43-46-39(49)40(25-33-11-4-5-12-34(33)27-44-47-42)37(31-16-14-30(15-17-31)29-9-2-1-3-10-29)51-38(45-40)32-18-20-36(21-19-32)50-23-7-22-48/h1-6,8-21,24,37,43,48H,7,22-23,25-27H2,(H,46,49)/t37-,40-/m0/s1. The van der Waals surface area contributed by atoms with Crippen LogP contribution in [0.1, 0.15) is 40.3 Å². The minimum Gasteiger partial charge on any atom is -0.494 e. The Hall–Kier alpha value is -6.00. The molecule has 6 rings (SSSR count). The quantitative estimate of drug-likeness (QED) is 0.0347. The molecule has 0 aromatic heterocycles. The van der Waals surface area contributed by atoms with E-state index in [9.17, 15) is 9.18 Å². The van der Waals surface area contributed by atoms with Gasteiger partial charge in [-0.25, -0.2) is 14.8 Å². The second-order valence-electron chi connectivity index (χ2n) is 12.0. The molecule has 11 heteroatoms. The Balaban J connectivity index is 1.41. The van der Waals surface area contributed by atoms with E-state index in [2.05, 4.69) is 20.9 Å². The zero-order chi connectivity index (χ0) is 35.5. The van der Waals surface area contributed by atoms with E-state index in [0.717, 1.165) is 27.8 Å². The van der Waals surface area contributed by atoms with Crippen molar-refractivity contribution >= 4 is 11.8 Å². The number of carbonyl (C=O) groups is 1. The normalized spacial score (nSPS) is 16.4. The molecule has 5 aromatic rings. The Morgan fingerprint density at radius 2 is 1.61 bits per heavy atom. The second kappa shape index (κ2) is 16.6. The first kappa shape index (κ1) is 34.8. The van der Waals surface area contributed by atoms with Crippen molar-refractivity contribution in [1.29, 1.82) is 0 Å². The van der Waals surface area contributed by atoms with E-state index < -0.39 is 17.6 Å². The van der Waals surface area contributed by atoms with E-state index in [1.165, 1.54) is 12.1 Å². The van der Waals surface area contributed by atoms with Crippen LogP contribution in [0.4, 0.5) is 4.39 Å². The van der Waals surface area contributed by atoms with Crippen molar-refractivity contribution in [3.8, 4) is 16.9 Å². The van der Waals surface area contributed by atoms with Gasteiger partial charge in [0.05, 0.1) is 13.2 Å². The van der Waals surface area contributed by atoms with E-state index in [1.54, 1.807) is 24.3 Å². The summed E-state index contributed by atoms with van der Waals surface area (Å²) in [5, 5.41) is 12.9. The van der Waals surface area contributed by atoms with Crippen molar-refractivity contribution < 1.29 is 23.8 Å². The van der Waals surface area contributed by atoms with Gasteiger partial charge in [-0.3, -0.25) is 10.2 Å². The fourth-order valence-corrected chi connectivity index (χ4v) is 6.03.